The minimum Gasteiger partial charge on any atom is -0.294 e. The number of urea groups is 1. The second kappa shape index (κ2) is 4.58. The molecule has 1 aromatic rings. The van der Waals surface area contributed by atoms with Crippen molar-refractivity contribution in [3.05, 3.63) is 27.7 Å². The van der Waals surface area contributed by atoms with Crippen molar-refractivity contribution in [2.24, 2.45) is 0 Å². The van der Waals surface area contributed by atoms with E-state index in [1.807, 2.05) is 26.0 Å². The number of rotatable bonds is 1. The van der Waals surface area contributed by atoms with Gasteiger partial charge in [0.15, 0.2) is 0 Å². The Labute approximate surface area is 127 Å². The summed E-state index contributed by atoms with van der Waals surface area (Å²) in [5, 5.41) is 10.9. The second-order valence-corrected chi connectivity index (χ2v) is 6.57. The third kappa shape index (κ3) is 1.79. The SMILES string of the molecule is Cc1cc(N2C(=O)NC(=N)C23CCCC3)cc(C)c1Br. The molecule has 0 atom stereocenters. The molecule has 0 aromatic heterocycles. The minimum atomic E-state index is -0.441. The molecule has 1 aromatic carbocycles. The summed E-state index contributed by atoms with van der Waals surface area (Å²) in [5.74, 6) is 0.359. The highest BCUT2D eigenvalue weighted by Crippen LogP contribution is 2.42. The number of hydrogen-bond acceptors (Lipinski definition) is 2. The van der Waals surface area contributed by atoms with Gasteiger partial charge in [-0.25, -0.2) is 4.79 Å². The van der Waals surface area contributed by atoms with Crippen molar-refractivity contribution in [2.75, 3.05) is 4.90 Å². The maximum absolute atomic E-state index is 12.3. The van der Waals surface area contributed by atoms with E-state index < -0.39 is 5.54 Å². The molecule has 1 heterocycles. The highest BCUT2D eigenvalue weighted by molar-refractivity contribution is 9.10. The van der Waals surface area contributed by atoms with Crippen molar-refractivity contribution < 1.29 is 4.79 Å². The van der Waals surface area contributed by atoms with Crippen LogP contribution in [0.3, 0.4) is 0 Å². The van der Waals surface area contributed by atoms with Crippen LogP contribution >= 0.6 is 15.9 Å². The molecule has 3 rings (SSSR count). The topological polar surface area (TPSA) is 56.2 Å². The molecule has 1 aliphatic carbocycles. The van der Waals surface area contributed by atoms with E-state index in [1.54, 1.807) is 4.90 Å². The third-order valence-electron chi connectivity index (χ3n) is 4.44. The fraction of sp³-hybridized carbons (Fsp3) is 0.467. The zero-order valence-electron chi connectivity index (χ0n) is 11.7. The highest BCUT2D eigenvalue weighted by atomic mass is 79.9. The molecule has 20 heavy (non-hydrogen) atoms. The Hall–Kier alpha value is -1.36. The van der Waals surface area contributed by atoms with Gasteiger partial charge in [-0.05, 0) is 49.9 Å². The molecule has 106 valence electrons. The molecule has 2 aliphatic rings. The summed E-state index contributed by atoms with van der Waals surface area (Å²) < 4.78 is 1.08. The van der Waals surface area contributed by atoms with Crippen molar-refractivity contribution in [1.29, 1.82) is 5.41 Å². The van der Waals surface area contributed by atoms with E-state index >= 15 is 0 Å². The normalized spacial score (nSPS) is 20.9. The highest BCUT2D eigenvalue weighted by Gasteiger charge is 2.52. The Morgan fingerprint density at radius 3 is 2.35 bits per heavy atom. The zero-order valence-corrected chi connectivity index (χ0v) is 13.3. The number of nitrogens with zero attached hydrogens (tertiary/aromatic N) is 1. The van der Waals surface area contributed by atoms with Crippen LogP contribution in [0.5, 0.6) is 0 Å². The minimum absolute atomic E-state index is 0.168. The maximum Gasteiger partial charge on any atom is 0.328 e. The predicted molar refractivity (Wildman–Crippen MR) is 83.6 cm³/mol. The number of carbonyl (C=O) groups excluding carboxylic acids is 1. The summed E-state index contributed by atoms with van der Waals surface area (Å²) in [4.78, 5) is 14.1. The lowest BCUT2D eigenvalue weighted by atomic mass is 9.94. The molecule has 2 N–H and O–H groups in total. The van der Waals surface area contributed by atoms with Crippen LogP contribution in [0.4, 0.5) is 10.5 Å². The smallest absolute Gasteiger partial charge is 0.294 e. The van der Waals surface area contributed by atoms with Crippen molar-refractivity contribution in [1.82, 2.24) is 5.32 Å². The summed E-state index contributed by atoms with van der Waals surface area (Å²) in [6.45, 7) is 4.06. The summed E-state index contributed by atoms with van der Waals surface area (Å²) in [5.41, 5.74) is 2.67. The molecule has 5 heteroatoms. The predicted octanol–water partition coefficient (Wildman–Crippen LogP) is 3.89. The summed E-state index contributed by atoms with van der Waals surface area (Å²) in [6, 6.07) is 3.88. The second-order valence-electron chi connectivity index (χ2n) is 5.77. The van der Waals surface area contributed by atoms with E-state index in [4.69, 9.17) is 5.41 Å². The molecule has 4 nitrogen and oxygen atoms in total. The van der Waals surface area contributed by atoms with Crippen LogP contribution in [-0.4, -0.2) is 17.4 Å². The quantitative estimate of drug-likeness (QED) is 0.803. The van der Waals surface area contributed by atoms with Crippen LogP contribution in [-0.2, 0) is 0 Å². The van der Waals surface area contributed by atoms with Gasteiger partial charge in [-0.15, -0.1) is 0 Å². The average molecular weight is 336 g/mol. The van der Waals surface area contributed by atoms with Gasteiger partial charge >= 0.3 is 6.03 Å². The van der Waals surface area contributed by atoms with Crippen molar-refractivity contribution in [3.8, 4) is 0 Å². The third-order valence-corrected chi connectivity index (χ3v) is 5.69. The standard InChI is InChI=1S/C15H18BrN3O/c1-9-7-11(8-10(2)12(9)16)19-14(20)18-13(17)15(19)5-3-4-6-15/h7-8H,3-6H2,1-2H3,(H2,17,18,20). The van der Waals surface area contributed by atoms with E-state index in [0.717, 1.165) is 47.0 Å². The fourth-order valence-corrected chi connectivity index (χ4v) is 3.66. The van der Waals surface area contributed by atoms with Gasteiger partial charge < -0.3 is 0 Å². The number of amidine groups is 1. The largest absolute Gasteiger partial charge is 0.328 e. The number of amides is 2. The molecule has 1 spiro atoms. The van der Waals surface area contributed by atoms with Crippen molar-refractivity contribution in [3.63, 3.8) is 0 Å². The number of anilines is 1. The molecule has 0 radical (unpaired) electrons. The number of benzene rings is 1. The van der Waals surface area contributed by atoms with E-state index in [1.165, 1.54) is 0 Å². The van der Waals surface area contributed by atoms with Gasteiger partial charge in [-0.3, -0.25) is 15.6 Å². The van der Waals surface area contributed by atoms with E-state index in [0.29, 0.717) is 5.84 Å². The Morgan fingerprint density at radius 2 is 1.80 bits per heavy atom. The molecule has 2 amide bonds. The van der Waals surface area contributed by atoms with Gasteiger partial charge in [-0.1, -0.05) is 28.8 Å². The van der Waals surface area contributed by atoms with Gasteiger partial charge in [0.05, 0.1) is 0 Å². The molecular weight excluding hydrogens is 318 g/mol. The fourth-order valence-electron chi connectivity index (χ4n) is 3.44. The van der Waals surface area contributed by atoms with Crippen LogP contribution in [0, 0.1) is 19.3 Å². The lowest BCUT2D eigenvalue weighted by Gasteiger charge is -2.33. The molecule has 0 bridgehead atoms. The first-order valence-electron chi connectivity index (χ1n) is 6.93. The maximum atomic E-state index is 12.3. The zero-order chi connectivity index (χ0) is 14.5. The molecular formula is C15H18BrN3O. The van der Waals surface area contributed by atoms with Gasteiger partial charge in [0, 0.05) is 10.2 Å². The number of nitrogens with one attached hydrogen (secondary N) is 2. The number of hydrogen-bond donors (Lipinski definition) is 2. The molecule has 1 aliphatic heterocycles. The Bertz CT molecular complexity index is 582. The molecule has 0 unspecified atom stereocenters. The lowest BCUT2D eigenvalue weighted by molar-refractivity contribution is 0.251. The number of halogens is 1. The van der Waals surface area contributed by atoms with Gasteiger partial charge in [0.1, 0.15) is 11.4 Å². The summed E-state index contributed by atoms with van der Waals surface area (Å²) in [7, 11) is 0. The van der Waals surface area contributed by atoms with Crippen LogP contribution < -0.4 is 10.2 Å². The summed E-state index contributed by atoms with van der Waals surface area (Å²) in [6.07, 6.45) is 3.89. The summed E-state index contributed by atoms with van der Waals surface area (Å²) >= 11 is 3.56. The van der Waals surface area contributed by atoms with E-state index in [2.05, 4.69) is 21.2 Å². The Balaban J connectivity index is 2.12. The monoisotopic (exact) mass is 335 g/mol. The first-order chi connectivity index (χ1) is 9.45. The van der Waals surface area contributed by atoms with Crippen LogP contribution in [0.1, 0.15) is 36.8 Å². The Kier molecular flexibility index (Phi) is 3.12. The van der Waals surface area contributed by atoms with E-state index in [9.17, 15) is 4.79 Å². The van der Waals surface area contributed by atoms with Gasteiger partial charge in [-0.2, -0.15) is 0 Å². The van der Waals surface area contributed by atoms with Gasteiger partial charge in [0.25, 0.3) is 0 Å². The first-order valence-corrected chi connectivity index (χ1v) is 7.72. The first kappa shape index (κ1) is 13.6. The van der Waals surface area contributed by atoms with Crippen molar-refractivity contribution >= 4 is 33.5 Å². The number of carbonyl (C=O) groups is 1. The van der Waals surface area contributed by atoms with Crippen LogP contribution in [0.2, 0.25) is 0 Å². The van der Waals surface area contributed by atoms with Gasteiger partial charge in [0.2, 0.25) is 0 Å². The molecule has 1 saturated heterocycles. The lowest BCUT2D eigenvalue weighted by Crippen LogP contribution is -2.47. The number of aryl methyl sites for hydroxylation is 2. The van der Waals surface area contributed by atoms with Crippen molar-refractivity contribution in [2.45, 2.75) is 45.1 Å². The molecule has 2 fully saturated rings. The molecule has 1 saturated carbocycles. The average Bonchev–Trinajstić information content (AvgIpc) is 2.94. The van der Waals surface area contributed by atoms with E-state index in [-0.39, 0.29) is 6.03 Å². The van der Waals surface area contributed by atoms with Crippen LogP contribution in [0.15, 0.2) is 16.6 Å². The Morgan fingerprint density at radius 1 is 1.25 bits per heavy atom. The van der Waals surface area contributed by atoms with Crippen LogP contribution in [0.25, 0.3) is 0 Å².